The Kier molecular flexibility index (Phi) is 3.11. The first-order valence-electron chi connectivity index (χ1n) is 8.39. The number of nitrogens with zero attached hydrogens (tertiary/aromatic N) is 1. The van der Waals surface area contributed by atoms with Gasteiger partial charge in [0.05, 0.1) is 6.54 Å². The fourth-order valence-electron chi connectivity index (χ4n) is 5.71. The third kappa shape index (κ3) is 2.30. The Morgan fingerprint density at radius 2 is 1.86 bits per heavy atom. The summed E-state index contributed by atoms with van der Waals surface area (Å²) in [6, 6.07) is 6.26. The van der Waals surface area contributed by atoms with Crippen LogP contribution in [0.5, 0.6) is 0 Å². The average Bonchev–Trinajstić information content (AvgIpc) is 2.91. The molecule has 0 radical (unpaired) electrons. The summed E-state index contributed by atoms with van der Waals surface area (Å²) in [6.45, 7) is 3.10. The third-order valence-electron chi connectivity index (χ3n) is 6.36. The van der Waals surface area contributed by atoms with E-state index in [4.69, 9.17) is 9.68 Å². The van der Waals surface area contributed by atoms with Crippen molar-refractivity contribution in [3.63, 3.8) is 0 Å². The van der Waals surface area contributed by atoms with Crippen LogP contribution in [0.25, 0.3) is 0 Å². The standard InChI is InChI=1S/C18H24N2O/c1-12(20-11-17-3-2-16(10-19)21-17)18-7-13-4-14(8-18)6-15(5-13)9-18/h2-3,12-15,20H,4-9,11H2,1H3. The van der Waals surface area contributed by atoms with E-state index in [9.17, 15) is 0 Å². The first kappa shape index (κ1) is 13.4. The fourth-order valence-corrected chi connectivity index (χ4v) is 5.71. The van der Waals surface area contributed by atoms with Crippen LogP contribution < -0.4 is 5.32 Å². The van der Waals surface area contributed by atoms with Gasteiger partial charge in [0.25, 0.3) is 0 Å². The lowest BCUT2D eigenvalue weighted by Crippen LogP contribution is -2.54. The van der Waals surface area contributed by atoms with Gasteiger partial charge in [-0.25, -0.2) is 0 Å². The van der Waals surface area contributed by atoms with Crippen molar-refractivity contribution in [2.45, 2.75) is 58.0 Å². The van der Waals surface area contributed by atoms with Crippen molar-refractivity contribution in [3.8, 4) is 6.07 Å². The SMILES string of the molecule is CC(NCc1ccc(C#N)o1)C12CC3CC(CC(C3)C1)C2. The number of hydrogen-bond acceptors (Lipinski definition) is 3. The first-order valence-corrected chi connectivity index (χ1v) is 8.39. The third-order valence-corrected chi connectivity index (χ3v) is 6.36. The molecule has 0 amide bonds. The molecule has 3 heteroatoms. The molecule has 0 spiro atoms. The maximum atomic E-state index is 8.82. The lowest BCUT2D eigenvalue weighted by Gasteiger charge is -2.59. The predicted molar refractivity (Wildman–Crippen MR) is 80.3 cm³/mol. The second-order valence-electron chi connectivity index (χ2n) is 7.76. The highest BCUT2D eigenvalue weighted by Gasteiger charge is 2.52. The van der Waals surface area contributed by atoms with Gasteiger partial charge >= 0.3 is 0 Å². The lowest BCUT2D eigenvalue weighted by molar-refractivity contribution is -0.0708. The molecule has 4 fully saturated rings. The van der Waals surface area contributed by atoms with E-state index in [0.29, 0.717) is 17.2 Å². The van der Waals surface area contributed by atoms with E-state index >= 15 is 0 Å². The van der Waals surface area contributed by atoms with Gasteiger partial charge in [-0.1, -0.05) is 0 Å². The molecule has 4 aliphatic carbocycles. The highest BCUT2D eigenvalue weighted by Crippen LogP contribution is 2.61. The second kappa shape index (κ2) is 4.88. The minimum atomic E-state index is 0.411. The Bertz CT molecular complexity index is 533. The van der Waals surface area contributed by atoms with E-state index in [0.717, 1.165) is 30.1 Å². The van der Waals surface area contributed by atoms with E-state index in [-0.39, 0.29) is 0 Å². The van der Waals surface area contributed by atoms with Crippen LogP contribution in [-0.2, 0) is 6.54 Å². The number of nitriles is 1. The minimum Gasteiger partial charge on any atom is -0.449 e. The summed E-state index contributed by atoms with van der Waals surface area (Å²) in [4.78, 5) is 0. The van der Waals surface area contributed by atoms with E-state index in [2.05, 4.69) is 12.2 Å². The molecule has 21 heavy (non-hydrogen) atoms. The zero-order valence-electron chi connectivity index (χ0n) is 12.8. The summed E-state index contributed by atoms with van der Waals surface area (Å²) in [5.41, 5.74) is 0.527. The van der Waals surface area contributed by atoms with E-state index < -0.39 is 0 Å². The van der Waals surface area contributed by atoms with Gasteiger partial charge in [-0.2, -0.15) is 5.26 Å². The molecule has 4 aliphatic rings. The van der Waals surface area contributed by atoms with Gasteiger partial charge in [-0.15, -0.1) is 0 Å². The molecule has 0 saturated heterocycles. The molecule has 1 heterocycles. The zero-order valence-corrected chi connectivity index (χ0v) is 12.8. The molecule has 0 aliphatic heterocycles. The number of furan rings is 1. The quantitative estimate of drug-likeness (QED) is 0.913. The van der Waals surface area contributed by atoms with Crippen molar-refractivity contribution in [1.29, 1.82) is 5.26 Å². The summed E-state index contributed by atoms with van der Waals surface area (Å²) >= 11 is 0. The maximum Gasteiger partial charge on any atom is 0.203 e. The Labute approximate surface area is 126 Å². The zero-order chi connectivity index (χ0) is 14.4. The molecule has 1 atom stereocenters. The van der Waals surface area contributed by atoms with Crippen molar-refractivity contribution >= 4 is 0 Å². The van der Waals surface area contributed by atoms with Gasteiger partial charge in [0, 0.05) is 6.04 Å². The summed E-state index contributed by atoms with van der Waals surface area (Å²) < 4.78 is 5.48. The molecule has 3 nitrogen and oxygen atoms in total. The lowest BCUT2D eigenvalue weighted by atomic mass is 9.48. The van der Waals surface area contributed by atoms with Crippen molar-refractivity contribution in [1.82, 2.24) is 5.32 Å². The van der Waals surface area contributed by atoms with Crippen LogP contribution in [0, 0.1) is 34.5 Å². The number of nitrogens with one attached hydrogen (secondary N) is 1. The van der Waals surface area contributed by atoms with Crippen molar-refractivity contribution in [3.05, 3.63) is 23.7 Å². The van der Waals surface area contributed by atoms with Crippen LogP contribution in [0.15, 0.2) is 16.5 Å². The summed E-state index contributed by atoms with van der Waals surface area (Å²) in [5, 5.41) is 12.5. The van der Waals surface area contributed by atoms with Gasteiger partial charge in [0.1, 0.15) is 11.8 Å². The van der Waals surface area contributed by atoms with Gasteiger partial charge in [0.15, 0.2) is 0 Å². The molecule has 0 aromatic carbocycles. The van der Waals surface area contributed by atoms with E-state index in [1.165, 1.54) is 38.5 Å². The molecule has 1 aromatic rings. The Balaban J connectivity index is 1.43. The van der Waals surface area contributed by atoms with Crippen molar-refractivity contribution < 1.29 is 4.42 Å². The van der Waals surface area contributed by atoms with Crippen LogP contribution in [0.4, 0.5) is 0 Å². The Morgan fingerprint density at radius 1 is 1.24 bits per heavy atom. The number of rotatable bonds is 4. The molecule has 1 aromatic heterocycles. The van der Waals surface area contributed by atoms with Gasteiger partial charge < -0.3 is 9.73 Å². The van der Waals surface area contributed by atoms with Crippen LogP contribution in [0.3, 0.4) is 0 Å². The van der Waals surface area contributed by atoms with Crippen LogP contribution >= 0.6 is 0 Å². The monoisotopic (exact) mass is 284 g/mol. The van der Waals surface area contributed by atoms with Crippen molar-refractivity contribution in [2.24, 2.45) is 23.2 Å². The Hall–Kier alpha value is -1.27. The first-order chi connectivity index (χ1) is 10.2. The summed E-state index contributed by atoms with van der Waals surface area (Å²) in [6.07, 6.45) is 8.76. The van der Waals surface area contributed by atoms with E-state index in [1.807, 2.05) is 12.1 Å². The smallest absolute Gasteiger partial charge is 0.203 e. The van der Waals surface area contributed by atoms with Crippen LogP contribution in [0.1, 0.15) is 57.0 Å². The van der Waals surface area contributed by atoms with Crippen molar-refractivity contribution in [2.75, 3.05) is 0 Å². The second-order valence-corrected chi connectivity index (χ2v) is 7.76. The highest BCUT2D eigenvalue weighted by molar-refractivity contribution is 5.19. The van der Waals surface area contributed by atoms with Crippen LogP contribution in [0.2, 0.25) is 0 Å². The number of hydrogen-bond donors (Lipinski definition) is 1. The molecule has 1 unspecified atom stereocenters. The normalized spacial score (nSPS) is 38.4. The summed E-state index contributed by atoms with van der Waals surface area (Å²) in [5.74, 6) is 4.27. The molecule has 4 saturated carbocycles. The van der Waals surface area contributed by atoms with Gasteiger partial charge in [-0.05, 0) is 80.8 Å². The predicted octanol–water partition coefficient (Wildman–Crippen LogP) is 3.85. The Morgan fingerprint density at radius 3 is 2.38 bits per heavy atom. The molecule has 4 bridgehead atoms. The molecule has 1 N–H and O–H groups in total. The molecule has 5 rings (SSSR count). The summed E-state index contributed by atoms with van der Waals surface area (Å²) in [7, 11) is 0. The van der Waals surface area contributed by atoms with Gasteiger partial charge in [-0.3, -0.25) is 0 Å². The van der Waals surface area contributed by atoms with Crippen LogP contribution in [-0.4, -0.2) is 6.04 Å². The highest BCUT2D eigenvalue weighted by atomic mass is 16.3. The fraction of sp³-hybridized carbons (Fsp3) is 0.722. The van der Waals surface area contributed by atoms with E-state index in [1.54, 1.807) is 6.07 Å². The topological polar surface area (TPSA) is 49.0 Å². The average molecular weight is 284 g/mol. The largest absolute Gasteiger partial charge is 0.449 e. The molecular formula is C18H24N2O. The maximum absolute atomic E-state index is 8.82. The molecule has 112 valence electrons. The van der Waals surface area contributed by atoms with Gasteiger partial charge in [0.2, 0.25) is 5.76 Å². The minimum absolute atomic E-state index is 0.411. The molecular weight excluding hydrogens is 260 g/mol.